The number of amides is 3. The number of nitrogens with zero attached hydrogens (tertiary/aromatic N) is 2. The van der Waals surface area contributed by atoms with Crippen LogP contribution in [0, 0.1) is 21.7 Å². The van der Waals surface area contributed by atoms with Gasteiger partial charge < -0.3 is 16.0 Å². The molecule has 0 heterocycles. The van der Waals surface area contributed by atoms with Crippen molar-refractivity contribution < 1.29 is 28.1 Å². The Kier molecular flexibility index (Phi) is 7.94. The van der Waals surface area contributed by atoms with Crippen molar-refractivity contribution in [1.29, 1.82) is 0 Å². The van der Waals surface area contributed by atoms with Crippen molar-refractivity contribution in [2.45, 2.75) is 38.9 Å². The maximum Gasteiger partial charge on any atom is 0.269 e. The summed E-state index contributed by atoms with van der Waals surface area (Å²) >= 11 is 0. The van der Waals surface area contributed by atoms with Gasteiger partial charge in [-0.25, -0.2) is 8.78 Å². The first-order valence-corrected chi connectivity index (χ1v) is 9.55. The molecule has 32 heavy (non-hydrogen) atoms. The molecule has 0 radical (unpaired) electrons. The number of nitro groups is 1. The first-order chi connectivity index (χ1) is 15.0. The number of nitro benzene ring substituents is 1. The van der Waals surface area contributed by atoms with Crippen LogP contribution >= 0.6 is 0 Å². The third kappa shape index (κ3) is 6.56. The monoisotopic (exact) mass is 448 g/mol. The molecule has 0 spiro atoms. The summed E-state index contributed by atoms with van der Waals surface area (Å²) in [6.07, 6.45) is -0.361. The van der Waals surface area contributed by atoms with E-state index in [1.54, 1.807) is 0 Å². The Morgan fingerprint density at radius 1 is 1.06 bits per heavy atom. The SMILES string of the molecule is C[C@H](NC(=O)Cc1cc(F)cc(F)c1)C(=O)N(Cc1ccc([N+](=O)[O-])cc1)[C@@H](C)C(N)=O. The Morgan fingerprint density at radius 2 is 1.62 bits per heavy atom. The maximum atomic E-state index is 13.3. The molecule has 0 unspecified atom stereocenters. The minimum atomic E-state index is -1.08. The fraction of sp³-hybridized carbons (Fsp3) is 0.286. The second-order valence-electron chi connectivity index (χ2n) is 7.21. The number of carbonyl (C=O) groups excluding carboxylic acids is 3. The van der Waals surface area contributed by atoms with Crippen LogP contribution in [0.2, 0.25) is 0 Å². The van der Waals surface area contributed by atoms with E-state index in [0.717, 1.165) is 17.0 Å². The van der Waals surface area contributed by atoms with Crippen molar-refractivity contribution in [2.24, 2.45) is 5.73 Å². The Balaban J connectivity index is 2.12. The summed E-state index contributed by atoms with van der Waals surface area (Å²) in [5.74, 6) is -3.73. The highest BCUT2D eigenvalue weighted by atomic mass is 19.1. The lowest BCUT2D eigenvalue weighted by molar-refractivity contribution is -0.384. The lowest BCUT2D eigenvalue weighted by atomic mass is 10.1. The standard InChI is InChI=1S/C21H22F2N4O5/c1-12(25-19(28)9-15-7-16(22)10-17(23)8-15)21(30)26(13(2)20(24)29)11-14-3-5-18(6-4-14)27(31)32/h3-8,10,12-13H,9,11H2,1-2H3,(H2,24,29)(H,25,28)/t12-,13-/m0/s1. The van der Waals surface area contributed by atoms with Crippen LogP contribution in [-0.4, -0.2) is 39.6 Å². The third-order valence-corrected chi connectivity index (χ3v) is 4.70. The second-order valence-corrected chi connectivity index (χ2v) is 7.21. The van der Waals surface area contributed by atoms with Gasteiger partial charge in [0.25, 0.3) is 5.69 Å². The highest BCUT2D eigenvalue weighted by Gasteiger charge is 2.29. The van der Waals surface area contributed by atoms with E-state index in [2.05, 4.69) is 5.32 Å². The molecule has 0 saturated heterocycles. The minimum Gasteiger partial charge on any atom is -0.368 e. The fourth-order valence-electron chi connectivity index (χ4n) is 2.98. The lowest BCUT2D eigenvalue weighted by Gasteiger charge is -2.30. The molecular formula is C21H22F2N4O5. The number of non-ortho nitro benzene ring substituents is 1. The summed E-state index contributed by atoms with van der Waals surface area (Å²) in [5.41, 5.74) is 5.80. The van der Waals surface area contributed by atoms with Gasteiger partial charge in [0.2, 0.25) is 17.7 Å². The second kappa shape index (κ2) is 10.4. The molecule has 11 heteroatoms. The number of nitrogens with one attached hydrogen (secondary N) is 1. The van der Waals surface area contributed by atoms with Crippen LogP contribution in [0.5, 0.6) is 0 Å². The van der Waals surface area contributed by atoms with Crippen LogP contribution in [0.15, 0.2) is 42.5 Å². The molecule has 170 valence electrons. The summed E-state index contributed by atoms with van der Waals surface area (Å²) in [6, 6.07) is 5.97. The molecule has 0 saturated carbocycles. The molecule has 0 aliphatic carbocycles. The van der Waals surface area contributed by atoms with E-state index >= 15 is 0 Å². The molecule has 3 amide bonds. The lowest BCUT2D eigenvalue weighted by Crippen LogP contribution is -2.53. The van der Waals surface area contributed by atoms with Crippen molar-refractivity contribution in [2.75, 3.05) is 0 Å². The Labute approximate surface area is 182 Å². The van der Waals surface area contributed by atoms with Gasteiger partial charge in [0.15, 0.2) is 0 Å². The van der Waals surface area contributed by atoms with Gasteiger partial charge in [-0.05, 0) is 37.1 Å². The van der Waals surface area contributed by atoms with Gasteiger partial charge in [-0.2, -0.15) is 0 Å². The van der Waals surface area contributed by atoms with Crippen molar-refractivity contribution >= 4 is 23.4 Å². The first-order valence-electron chi connectivity index (χ1n) is 9.55. The molecule has 2 atom stereocenters. The van der Waals surface area contributed by atoms with Crippen molar-refractivity contribution in [3.8, 4) is 0 Å². The molecule has 0 fully saturated rings. The van der Waals surface area contributed by atoms with E-state index in [4.69, 9.17) is 5.73 Å². The Morgan fingerprint density at radius 3 is 2.12 bits per heavy atom. The highest BCUT2D eigenvalue weighted by Crippen LogP contribution is 2.16. The van der Waals surface area contributed by atoms with Crippen molar-refractivity contribution in [3.63, 3.8) is 0 Å². The quantitative estimate of drug-likeness (QED) is 0.446. The summed E-state index contributed by atoms with van der Waals surface area (Å²) in [4.78, 5) is 48.3. The number of hydrogen-bond donors (Lipinski definition) is 2. The number of primary amides is 1. The predicted molar refractivity (Wildman–Crippen MR) is 110 cm³/mol. The molecule has 0 aliphatic rings. The molecule has 9 nitrogen and oxygen atoms in total. The van der Waals surface area contributed by atoms with Gasteiger partial charge in [0.1, 0.15) is 23.7 Å². The molecule has 2 aromatic carbocycles. The van der Waals surface area contributed by atoms with Crippen LogP contribution in [-0.2, 0) is 27.3 Å². The zero-order valence-corrected chi connectivity index (χ0v) is 17.4. The van der Waals surface area contributed by atoms with Crippen LogP contribution < -0.4 is 11.1 Å². The molecule has 2 aromatic rings. The zero-order valence-electron chi connectivity index (χ0n) is 17.4. The minimum absolute atomic E-state index is 0.0871. The van der Waals surface area contributed by atoms with Crippen LogP contribution in [0.4, 0.5) is 14.5 Å². The van der Waals surface area contributed by atoms with E-state index in [0.29, 0.717) is 11.6 Å². The zero-order chi connectivity index (χ0) is 24.0. The molecule has 3 N–H and O–H groups in total. The summed E-state index contributed by atoms with van der Waals surface area (Å²) in [6.45, 7) is 2.72. The smallest absolute Gasteiger partial charge is 0.269 e. The maximum absolute atomic E-state index is 13.3. The number of hydrogen-bond acceptors (Lipinski definition) is 5. The normalized spacial score (nSPS) is 12.5. The average Bonchev–Trinajstić information content (AvgIpc) is 2.70. The third-order valence-electron chi connectivity index (χ3n) is 4.70. The van der Waals surface area contributed by atoms with E-state index in [9.17, 15) is 33.3 Å². The van der Waals surface area contributed by atoms with Crippen molar-refractivity contribution in [1.82, 2.24) is 10.2 Å². The molecule has 2 rings (SSSR count). The summed E-state index contributed by atoms with van der Waals surface area (Å²) in [5, 5.41) is 13.2. The molecule has 0 aliphatic heterocycles. The van der Waals surface area contributed by atoms with Crippen LogP contribution in [0.1, 0.15) is 25.0 Å². The van der Waals surface area contributed by atoms with Gasteiger partial charge in [0, 0.05) is 24.7 Å². The Hall–Kier alpha value is -3.89. The molecule has 0 bridgehead atoms. The van der Waals surface area contributed by atoms with Crippen LogP contribution in [0.3, 0.4) is 0 Å². The number of nitrogens with two attached hydrogens (primary N) is 1. The molecule has 0 aromatic heterocycles. The first kappa shape index (κ1) is 24.4. The number of rotatable bonds is 9. The average molecular weight is 448 g/mol. The highest BCUT2D eigenvalue weighted by molar-refractivity contribution is 5.91. The van der Waals surface area contributed by atoms with Gasteiger partial charge in [-0.3, -0.25) is 24.5 Å². The van der Waals surface area contributed by atoms with Crippen molar-refractivity contribution in [3.05, 3.63) is 75.3 Å². The van der Waals surface area contributed by atoms with Gasteiger partial charge in [-0.1, -0.05) is 12.1 Å². The number of carbonyl (C=O) groups is 3. The van der Waals surface area contributed by atoms with E-state index < -0.39 is 46.4 Å². The summed E-state index contributed by atoms with van der Waals surface area (Å²) in [7, 11) is 0. The van der Waals surface area contributed by atoms with E-state index in [-0.39, 0.29) is 24.2 Å². The van der Waals surface area contributed by atoms with E-state index in [1.807, 2.05) is 0 Å². The number of benzene rings is 2. The predicted octanol–water partition coefficient (Wildman–Crippen LogP) is 1.82. The van der Waals surface area contributed by atoms with E-state index in [1.165, 1.54) is 38.1 Å². The number of halogens is 2. The fourth-order valence-corrected chi connectivity index (χ4v) is 2.98. The topological polar surface area (TPSA) is 136 Å². The molecular weight excluding hydrogens is 426 g/mol. The Bertz CT molecular complexity index is 1010. The van der Waals surface area contributed by atoms with Gasteiger partial charge in [0.05, 0.1) is 11.3 Å². The van der Waals surface area contributed by atoms with Crippen LogP contribution in [0.25, 0.3) is 0 Å². The van der Waals surface area contributed by atoms with Gasteiger partial charge in [-0.15, -0.1) is 0 Å². The largest absolute Gasteiger partial charge is 0.368 e. The van der Waals surface area contributed by atoms with Gasteiger partial charge >= 0.3 is 0 Å². The summed E-state index contributed by atoms with van der Waals surface area (Å²) < 4.78 is 26.6.